The number of fused-ring (bicyclic) bond motifs is 1. The van der Waals surface area contributed by atoms with Gasteiger partial charge in [-0.15, -0.1) is 0 Å². The zero-order chi connectivity index (χ0) is 11.0. The summed E-state index contributed by atoms with van der Waals surface area (Å²) < 4.78 is 0. The summed E-state index contributed by atoms with van der Waals surface area (Å²) >= 11 is 0. The molecule has 0 spiro atoms. The Morgan fingerprint density at radius 2 is 2.31 bits per heavy atom. The third-order valence-corrected chi connectivity index (χ3v) is 3.61. The maximum Gasteiger partial charge on any atom is 0.0925 e. The van der Waals surface area contributed by atoms with Crippen LogP contribution in [-0.2, 0) is 13.0 Å². The van der Waals surface area contributed by atoms with Gasteiger partial charge in [0.1, 0.15) is 0 Å². The number of hydrogen-bond donors (Lipinski definition) is 2. The number of rotatable bonds is 4. The molecule has 1 fully saturated rings. The van der Waals surface area contributed by atoms with E-state index < -0.39 is 0 Å². The largest absolute Gasteiger partial charge is 0.347 e. The zero-order valence-electron chi connectivity index (χ0n) is 9.87. The molecule has 1 saturated carbocycles. The fourth-order valence-electron chi connectivity index (χ4n) is 2.55. The first-order valence-electron chi connectivity index (χ1n) is 6.24. The van der Waals surface area contributed by atoms with Crippen LogP contribution in [0, 0.1) is 5.92 Å². The van der Waals surface area contributed by atoms with Crippen molar-refractivity contribution in [1.29, 1.82) is 0 Å². The van der Waals surface area contributed by atoms with Crippen molar-refractivity contribution in [1.82, 2.24) is 20.2 Å². The van der Waals surface area contributed by atoms with Crippen LogP contribution >= 0.6 is 0 Å². The topological polar surface area (TPSA) is 44.0 Å². The molecule has 1 atom stereocenters. The van der Waals surface area contributed by atoms with Gasteiger partial charge < -0.3 is 15.2 Å². The van der Waals surface area contributed by atoms with Crippen molar-refractivity contribution in [3.8, 4) is 0 Å². The van der Waals surface area contributed by atoms with E-state index >= 15 is 0 Å². The summed E-state index contributed by atoms with van der Waals surface area (Å²) in [5.74, 6) is 0.981. The second-order valence-electron chi connectivity index (χ2n) is 5.27. The van der Waals surface area contributed by atoms with Gasteiger partial charge in [0.15, 0.2) is 0 Å². The van der Waals surface area contributed by atoms with E-state index in [0.29, 0.717) is 6.04 Å². The average Bonchev–Trinajstić information content (AvgIpc) is 2.95. The number of aromatic amines is 1. The van der Waals surface area contributed by atoms with E-state index in [2.05, 4.69) is 27.2 Å². The van der Waals surface area contributed by atoms with E-state index in [9.17, 15) is 0 Å². The Bertz CT molecular complexity index is 356. The monoisotopic (exact) mass is 220 g/mol. The standard InChI is InChI=1S/C12H20N4/c1-16(6-9-2-3-9)7-10-4-11-12(5-13-10)15-8-14-11/h8-10,13H,2-7H2,1H3,(H,14,15). The number of imidazole rings is 1. The first-order valence-corrected chi connectivity index (χ1v) is 6.24. The van der Waals surface area contributed by atoms with Crippen molar-refractivity contribution in [2.75, 3.05) is 20.1 Å². The third-order valence-electron chi connectivity index (χ3n) is 3.61. The molecule has 0 saturated heterocycles. The minimum absolute atomic E-state index is 0.569. The predicted molar refractivity (Wildman–Crippen MR) is 63.1 cm³/mol. The summed E-state index contributed by atoms with van der Waals surface area (Å²) in [6.45, 7) is 3.35. The molecule has 3 rings (SSSR count). The van der Waals surface area contributed by atoms with Crippen LogP contribution in [0.15, 0.2) is 6.33 Å². The number of hydrogen-bond acceptors (Lipinski definition) is 3. The highest BCUT2D eigenvalue weighted by Crippen LogP contribution is 2.29. The molecule has 1 aromatic heterocycles. The minimum atomic E-state index is 0.569. The Hall–Kier alpha value is -0.870. The Morgan fingerprint density at radius 1 is 1.44 bits per heavy atom. The van der Waals surface area contributed by atoms with Gasteiger partial charge in [0, 0.05) is 32.1 Å². The molecule has 1 unspecified atom stereocenters. The number of nitrogens with one attached hydrogen (secondary N) is 2. The molecular weight excluding hydrogens is 200 g/mol. The van der Waals surface area contributed by atoms with Crippen molar-refractivity contribution < 1.29 is 0 Å². The molecule has 0 amide bonds. The lowest BCUT2D eigenvalue weighted by Gasteiger charge is -2.27. The molecule has 4 nitrogen and oxygen atoms in total. The zero-order valence-corrected chi connectivity index (χ0v) is 9.87. The van der Waals surface area contributed by atoms with Crippen LogP contribution in [0.5, 0.6) is 0 Å². The van der Waals surface area contributed by atoms with Gasteiger partial charge in [-0.2, -0.15) is 0 Å². The molecule has 1 aromatic rings. The van der Waals surface area contributed by atoms with E-state index in [0.717, 1.165) is 25.4 Å². The molecule has 0 aromatic carbocycles. The Labute approximate surface area is 96.4 Å². The summed E-state index contributed by atoms with van der Waals surface area (Å²) in [6, 6.07) is 0.569. The van der Waals surface area contributed by atoms with E-state index in [1.807, 2.05) is 6.33 Å². The molecule has 0 radical (unpaired) electrons. The van der Waals surface area contributed by atoms with Gasteiger partial charge in [-0.25, -0.2) is 4.98 Å². The molecule has 2 heterocycles. The Morgan fingerprint density at radius 3 is 3.12 bits per heavy atom. The van der Waals surface area contributed by atoms with E-state index in [-0.39, 0.29) is 0 Å². The first-order chi connectivity index (χ1) is 7.81. The van der Waals surface area contributed by atoms with E-state index in [1.165, 1.54) is 30.8 Å². The van der Waals surface area contributed by atoms with Gasteiger partial charge in [0.05, 0.1) is 17.7 Å². The van der Waals surface area contributed by atoms with Crippen LogP contribution in [0.2, 0.25) is 0 Å². The minimum Gasteiger partial charge on any atom is -0.347 e. The average molecular weight is 220 g/mol. The normalized spacial score (nSPS) is 24.8. The van der Waals surface area contributed by atoms with Gasteiger partial charge in [0.25, 0.3) is 0 Å². The van der Waals surface area contributed by atoms with E-state index in [4.69, 9.17) is 0 Å². The van der Waals surface area contributed by atoms with Crippen molar-refractivity contribution in [2.45, 2.75) is 31.8 Å². The van der Waals surface area contributed by atoms with Crippen LogP contribution in [-0.4, -0.2) is 41.0 Å². The molecule has 0 bridgehead atoms. The van der Waals surface area contributed by atoms with Crippen molar-refractivity contribution >= 4 is 0 Å². The lowest BCUT2D eigenvalue weighted by molar-refractivity contribution is 0.270. The summed E-state index contributed by atoms with van der Waals surface area (Å²) in [5, 5.41) is 3.57. The Kier molecular flexibility index (Phi) is 2.69. The molecule has 88 valence electrons. The molecule has 2 N–H and O–H groups in total. The highest BCUT2D eigenvalue weighted by molar-refractivity contribution is 5.15. The van der Waals surface area contributed by atoms with Crippen LogP contribution in [0.1, 0.15) is 24.2 Å². The van der Waals surface area contributed by atoms with Crippen LogP contribution in [0.3, 0.4) is 0 Å². The van der Waals surface area contributed by atoms with Crippen molar-refractivity contribution in [2.24, 2.45) is 5.92 Å². The second-order valence-corrected chi connectivity index (χ2v) is 5.27. The highest BCUT2D eigenvalue weighted by Gasteiger charge is 2.25. The molecule has 16 heavy (non-hydrogen) atoms. The number of aromatic nitrogens is 2. The van der Waals surface area contributed by atoms with Gasteiger partial charge in [-0.1, -0.05) is 0 Å². The van der Waals surface area contributed by atoms with Gasteiger partial charge in [-0.3, -0.25) is 0 Å². The predicted octanol–water partition coefficient (Wildman–Crippen LogP) is 0.766. The molecular formula is C12H20N4. The van der Waals surface area contributed by atoms with Gasteiger partial charge >= 0.3 is 0 Å². The summed E-state index contributed by atoms with van der Waals surface area (Å²) in [6.07, 6.45) is 5.74. The first kappa shape index (κ1) is 10.3. The third kappa shape index (κ3) is 2.28. The van der Waals surface area contributed by atoms with Gasteiger partial charge in [-0.05, 0) is 25.8 Å². The van der Waals surface area contributed by atoms with E-state index in [1.54, 1.807) is 0 Å². The second kappa shape index (κ2) is 4.18. The van der Waals surface area contributed by atoms with Gasteiger partial charge in [0.2, 0.25) is 0 Å². The number of H-pyrrole nitrogens is 1. The summed E-state index contributed by atoms with van der Waals surface area (Å²) in [7, 11) is 2.24. The molecule has 1 aliphatic heterocycles. The quantitative estimate of drug-likeness (QED) is 0.787. The fraction of sp³-hybridized carbons (Fsp3) is 0.750. The van der Waals surface area contributed by atoms with Crippen LogP contribution < -0.4 is 5.32 Å². The molecule has 4 heteroatoms. The summed E-state index contributed by atoms with van der Waals surface area (Å²) in [5.41, 5.74) is 2.52. The highest BCUT2D eigenvalue weighted by atomic mass is 15.1. The number of likely N-dealkylation sites (N-methyl/N-ethyl adjacent to an activating group) is 1. The molecule has 1 aliphatic carbocycles. The van der Waals surface area contributed by atoms with Crippen LogP contribution in [0.4, 0.5) is 0 Å². The molecule has 2 aliphatic rings. The van der Waals surface area contributed by atoms with Crippen LogP contribution in [0.25, 0.3) is 0 Å². The lowest BCUT2D eigenvalue weighted by Crippen LogP contribution is -2.44. The smallest absolute Gasteiger partial charge is 0.0925 e. The van der Waals surface area contributed by atoms with Crippen molar-refractivity contribution in [3.05, 3.63) is 17.7 Å². The summed E-state index contributed by atoms with van der Waals surface area (Å²) in [4.78, 5) is 10.0. The number of nitrogens with zero attached hydrogens (tertiary/aromatic N) is 2. The SMILES string of the molecule is CN(CC1CC1)CC1Cc2nc[nH]c2CN1. The van der Waals surface area contributed by atoms with Crippen molar-refractivity contribution in [3.63, 3.8) is 0 Å². The maximum atomic E-state index is 4.37. The lowest BCUT2D eigenvalue weighted by atomic mass is 10.1. The fourth-order valence-corrected chi connectivity index (χ4v) is 2.55. The Balaban J connectivity index is 1.52. The maximum absolute atomic E-state index is 4.37.